The van der Waals surface area contributed by atoms with E-state index in [0.717, 1.165) is 5.56 Å². The molecule has 96 valence electrons. The van der Waals surface area contributed by atoms with E-state index in [2.05, 4.69) is 5.32 Å². The van der Waals surface area contributed by atoms with Crippen LogP contribution in [0.1, 0.15) is 32.4 Å². The highest BCUT2D eigenvalue weighted by Gasteiger charge is 2.16. The molecule has 0 aromatic heterocycles. The number of benzene rings is 1. The van der Waals surface area contributed by atoms with E-state index in [-0.39, 0.29) is 23.7 Å². The van der Waals surface area contributed by atoms with E-state index >= 15 is 0 Å². The SMILES string of the molecule is CC(N[C@H](CO)C(C)C)c1ccc(Cl)c(F)c1. The van der Waals surface area contributed by atoms with E-state index in [9.17, 15) is 9.50 Å². The highest BCUT2D eigenvalue weighted by Crippen LogP contribution is 2.21. The quantitative estimate of drug-likeness (QED) is 0.852. The standard InChI is InChI=1S/C13H19ClFNO/c1-8(2)13(7-17)16-9(3)10-4-5-11(14)12(15)6-10/h4-6,8-9,13,16-17H,7H2,1-3H3/t9?,13-/m1/s1. The normalized spacial score (nSPS) is 15.0. The fraction of sp³-hybridized carbons (Fsp3) is 0.538. The van der Waals surface area contributed by atoms with Crippen LogP contribution >= 0.6 is 11.6 Å². The minimum absolute atomic E-state index is 0.00346. The van der Waals surface area contributed by atoms with Gasteiger partial charge in [0, 0.05) is 12.1 Å². The van der Waals surface area contributed by atoms with Crippen molar-refractivity contribution in [2.75, 3.05) is 6.61 Å². The molecular formula is C13H19ClFNO. The van der Waals surface area contributed by atoms with Crippen LogP contribution in [0.25, 0.3) is 0 Å². The number of rotatable bonds is 5. The zero-order chi connectivity index (χ0) is 13.0. The Labute approximate surface area is 107 Å². The molecule has 0 aliphatic heterocycles. The van der Waals surface area contributed by atoms with E-state index in [1.54, 1.807) is 12.1 Å². The third-order valence-corrected chi connectivity index (χ3v) is 3.22. The van der Waals surface area contributed by atoms with Crippen molar-refractivity contribution in [2.24, 2.45) is 5.92 Å². The summed E-state index contributed by atoms with van der Waals surface area (Å²) < 4.78 is 13.3. The van der Waals surface area contributed by atoms with Crippen LogP contribution in [0, 0.1) is 11.7 Å². The molecule has 1 rings (SSSR count). The Morgan fingerprint density at radius 3 is 2.47 bits per heavy atom. The summed E-state index contributed by atoms with van der Waals surface area (Å²) >= 11 is 5.63. The lowest BCUT2D eigenvalue weighted by Gasteiger charge is -2.25. The van der Waals surface area contributed by atoms with Crippen LogP contribution in [-0.2, 0) is 0 Å². The summed E-state index contributed by atoms with van der Waals surface area (Å²) in [6.45, 7) is 6.07. The van der Waals surface area contributed by atoms with E-state index in [1.807, 2.05) is 20.8 Å². The van der Waals surface area contributed by atoms with Gasteiger partial charge in [-0.05, 0) is 30.5 Å². The summed E-state index contributed by atoms with van der Waals surface area (Å²) in [7, 11) is 0. The molecule has 0 spiro atoms. The molecule has 2 N–H and O–H groups in total. The van der Waals surface area contributed by atoms with E-state index in [4.69, 9.17) is 11.6 Å². The van der Waals surface area contributed by atoms with Crippen molar-refractivity contribution in [3.8, 4) is 0 Å². The Morgan fingerprint density at radius 1 is 1.35 bits per heavy atom. The van der Waals surface area contributed by atoms with Crippen molar-refractivity contribution in [3.05, 3.63) is 34.6 Å². The number of aliphatic hydroxyl groups is 1. The molecule has 0 aliphatic rings. The molecule has 2 atom stereocenters. The molecule has 17 heavy (non-hydrogen) atoms. The molecule has 1 aromatic carbocycles. The summed E-state index contributed by atoms with van der Waals surface area (Å²) in [5.74, 6) is -0.0949. The topological polar surface area (TPSA) is 32.3 Å². The Morgan fingerprint density at radius 2 is 2.00 bits per heavy atom. The second-order valence-corrected chi connectivity index (χ2v) is 5.00. The monoisotopic (exact) mass is 259 g/mol. The van der Waals surface area contributed by atoms with Crippen molar-refractivity contribution in [3.63, 3.8) is 0 Å². The lowest BCUT2D eigenvalue weighted by molar-refractivity contribution is 0.201. The van der Waals surface area contributed by atoms with Gasteiger partial charge in [0.05, 0.1) is 11.6 Å². The van der Waals surface area contributed by atoms with Crippen LogP contribution in [0.3, 0.4) is 0 Å². The van der Waals surface area contributed by atoms with Crippen molar-refractivity contribution in [1.82, 2.24) is 5.32 Å². The van der Waals surface area contributed by atoms with Crippen LogP contribution in [-0.4, -0.2) is 17.8 Å². The van der Waals surface area contributed by atoms with Gasteiger partial charge in [0.15, 0.2) is 0 Å². The molecule has 2 nitrogen and oxygen atoms in total. The maximum Gasteiger partial charge on any atom is 0.142 e. The Kier molecular flexibility index (Phi) is 5.37. The van der Waals surface area contributed by atoms with Crippen LogP contribution in [0.15, 0.2) is 18.2 Å². The zero-order valence-electron chi connectivity index (χ0n) is 10.4. The Balaban J connectivity index is 2.75. The van der Waals surface area contributed by atoms with Gasteiger partial charge in [-0.1, -0.05) is 31.5 Å². The zero-order valence-corrected chi connectivity index (χ0v) is 11.1. The Bertz CT molecular complexity index is 370. The first kappa shape index (κ1) is 14.4. The first-order valence-corrected chi connectivity index (χ1v) is 6.15. The van der Waals surface area contributed by atoms with Crippen molar-refractivity contribution < 1.29 is 9.50 Å². The summed E-state index contributed by atoms with van der Waals surface area (Å²) in [4.78, 5) is 0. The van der Waals surface area contributed by atoms with Gasteiger partial charge in [0.25, 0.3) is 0 Å². The van der Waals surface area contributed by atoms with Crippen LogP contribution < -0.4 is 5.32 Å². The second-order valence-electron chi connectivity index (χ2n) is 4.59. The third kappa shape index (κ3) is 3.95. The molecule has 0 fully saturated rings. The lowest BCUT2D eigenvalue weighted by atomic mass is 10.0. The number of halogens is 2. The second kappa shape index (κ2) is 6.34. The van der Waals surface area contributed by atoms with Gasteiger partial charge in [0.1, 0.15) is 5.82 Å². The van der Waals surface area contributed by atoms with Gasteiger partial charge in [-0.3, -0.25) is 0 Å². The van der Waals surface area contributed by atoms with Crippen molar-refractivity contribution in [1.29, 1.82) is 0 Å². The minimum Gasteiger partial charge on any atom is -0.395 e. The van der Waals surface area contributed by atoms with Gasteiger partial charge in [-0.2, -0.15) is 0 Å². The molecule has 0 heterocycles. The van der Waals surface area contributed by atoms with E-state index in [1.165, 1.54) is 6.07 Å². The van der Waals surface area contributed by atoms with Crippen LogP contribution in [0.5, 0.6) is 0 Å². The third-order valence-electron chi connectivity index (χ3n) is 2.91. The average Bonchev–Trinajstić information content (AvgIpc) is 2.28. The number of hydrogen-bond acceptors (Lipinski definition) is 2. The number of aliphatic hydroxyl groups excluding tert-OH is 1. The molecular weight excluding hydrogens is 241 g/mol. The highest BCUT2D eigenvalue weighted by atomic mass is 35.5. The maximum atomic E-state index is 13.3. The smallest absolute Gasteiger partial charge is 0.142 e. The molecule has 1 aromatic rings. The first-order chi connectivity index (χ1) is 7.95. The number of nitrogens with one attached hydrogen (secondary N) is 1. The maximum absolute atomic E-state index is 13.3. The predicted octanol–water partition coefficient (Wildman–Crippen LogP) is 3.15. The molecule has 0 saturated heterocycles. The largest absolute Gasteiger partial charge is 0.395 e. The summed E-state index contributed by atoms with van der Waals surface area (Å²) in [5, 5.41) is 12.6. The fourth-order valence-corrected chi connectivity index (χ4v) is 1.77. The lowest BCUT2D eigenvalue weighted by Crippen LogP contribution is -2.38. The van der Waals surface area contributed by atoms with Crippen molar-refractivity contribution >= 4 is 11.6 Å². The fourth-order valence-electron chi connectivity index (χ4n) is 1.66. The van der Waals surface area contributed by atoms with Crippen molar-refractivity contribution in [2.45, 2.75) is 32.9 Å². The highest BCUT2D eigenvalue weighted by molar-refractivity contribution is 6.30. The van der Waals surface area contributed by atoms with Gasteiger partial charge >= 0.3 is 0 Å². The molecule has 4 heteroatoms. The summed E-state index contributed by atoms with van der Waals surface area (Å²) in [6, 6.07) is 4.74. The molecule has 0 bridgehead atoms. The van der Waals surface area contributed by atoms with Crippen LogP contribution in [0.2, 0.25) is 5.02 Å². The molecule has 1 unspecified atom stereocenters. The molecule has 0 aliphatic carbocycles. The molecule has 0 saturated carbocycles. The molecule has 0 radical (unpaired) electrons. The summed E-state index contributed by atoms with van der Waals surface area (Å²) in [6.07, 6.45) is 0. The first-order valence-electron chi connectivity index (χ1n) is 5.77. The van der Waals surface area contributed by atoms with Gasteiger partial charge in [-0.25, -0.2) is 4.39 Å². The summed E-state index contributed by atoms with van der Waals surface area (Å²) in [5.41, 5.74) is 0.825. The predicted molar refractivity (Wildman–Crippen MR) is 68.7 cm³/mol. The average molecular weight is 260 g/mol. The van der Waals surface area contributed by atoms with E-state index in [0.29, 0.717) is 5.92 Å². The van der Waals surface area contributed by atoms with Gasteiger partial charge in [-0.15, -0.1) is 0 Å². The Hall–Kier alpha value is -0.640. The van der Waals surface area contributed by atoms with Gasteiger partial charge in [0.2, 0.25) is 0 Å². The minimum atomic E-state index is -0.414. The van der Waals surface area contributed by atoms with Gasteiger partial charge < -0.3 is 10.4 Å². The van der Waals surface area contributed by atoms with Crippen LogP contribution in [0.4, 0.5) is 4.39 Å². The molecule has 0 amide bonds. The van der Waals surface area contributed by atoms with E-state index < -0.39 is 5.82 Å². The number of hydrogen-bond donors (Lipinski definition) is 2.